The highest BCUT2D eigenvalue weighted by Crippen LogP contribution is 2.17. The third-order valence-electron chi connectivity index (χ3n) is 3.07. The van der Waals surface area contributed by atoms with Crippen LogP contribution in [0.4, 0.5) is 0 Å². The standard InChI is InChI=1S/C13H20N4O/c1-8-5-13-15-7-12(11(4)17(13)16-8)10(3)14-6-9(2)18/h5,7,9-10,14,18H,6H2,1-4H3. The van der Waals surface area contributed by atoms with E-state index in [2.05, 4.69) is 22.3 Å². The monoisotopic (exact) mass is 248 g/mol. The van der Waals surface area contributed by atoms with Gasteiger partial charge >= 0.3 is 0 Å². The first-order valence-electron chi connectivity index (χ1n) is 6.22. The smallest absolute Gasteiger partial charge is 0.155 e. The van der Waals surface area contributed by atoms with Crippen LogP contribution in [0.3, 0.4) is 0 Å². The molecule has 2 rings (SSSR count). The third kappa shape index (κ3) is 2.52. The molecule has 0 aliphatic heterocycles. The van der Waals surface area contributed by atoms with Crippen molar-refractivity contribution in [1.82, 2.24) is 19.9 Å². The highest BCUT2D eigenvalue weighted by molar-refractivity contribution is 5.42. The Labute approximate surface area is 107 Å². The first-order valence-corrected chi connectivity index (χ1v) is 6.22. The molecule has 0 saturated heterocycles. The topological polar surface area (TPSA) is 62.5 Å². The lowest BCUT2D eigenvalue weighted by atomic mass is 10.1. The number of hydrogen-bond acceptors (Lipinski definition) is 4. The molecule has 0 aromatic carbocycles. The van der Waals surface area contributed by atoms with E-state index in [1.165, 1.54) is 0 Å². The van der Waals surface area contributed by atoms with E-state index < -0.39 is 0 Å². The number of aliphatic hydroxyl groups excluding tert-OH is 1. The fourth-order valence-electron chi connectivity index (χ4n) is 2.06. The van der Waals surface area contributed by atoms with Crippen molar-refractivity contribution in [3.8, 4) is 0 Å². The summed E-state index contributed by atoms with van der Waals surface area (Å²) in [6.07, 6.45) is 1.53. The second-order valence-corrected chi connectivity index (χ2v) is 4.83. The third-order valence-corrected chi connectivity index (χ3v) is 3.07. The minimum atomic E-state index is -0.351. The predicted octanol–water partition coefficient (Wildman–Crippen LogP) is 1.38. The Morgan fingerprint density at radius 3 is 2.78 bits per heavy atom. The molecule has 0 aliphatic rings. The molecular weight excluding hydrogens is 228 g/mol. The van der Waals surface area contributed by atoms with Gasteiger partial charge in [0.15, 0.2) is 5.65 Å². The summed E-state index contributed by atoms with van der Waals surface area (Å²) in [5.74, 6) is 0. The number of aromatic nitrogens is 3. The summed E-state index contributed by atoms with van der Waals surface area (Å²) < 4.78 is 1.87. The largest absolute Gasteiger partial charge is 0.392 e. The van der Waals surface area contributed by atoms with Crippen molar-refractivity contribution in [2.24, 2.45) is 0 Å². The zero-order valence-corrected chi connectivity index (χ0v) is 11.3. The maximum atomic E-state index is 9.30. The Bertz CT molecular complexity index is 547. The van der Waals surface area contributed by atoms with Gasteiger partial charge in [-0.1, -0.05) is 0 Å². The van der Waals surface area contributed by atoms with Gasteiger partial charge in [-0.3, -0.25) is 0 Å². The van der Waals surface area contributed by atoms with Crippen molar-refractivity contribution < 1.29 is 5.11 Å². The van der Waals surface area contributed by atoms with Crippen LogP contribution in [-0.4, -0.2) is 32.4 Å². The van der Waals surface area contributed by atoms with E-state index in [9.17, 15) is 5.11 Å². The molecule has 0 saturated carbocycles. The summed E-state index contributed by atoms with van der Waals surface area (Å²) in [6, 6.07) is 2.10. The van der Waals surface area contributed by atoms with E-state index in [0.29, 0.717) is 6.54 Å². The van der Waals surface area contributed by atoms with Crippen LogP contribution < -0.4 is 5.32 Å². The van der Waals surface area contributed by atoms with Gasteiger partial charge in [-0.25, -0.2) is 9.50 Å². The normalized spacial score (nSPS) is 14.9. The van der Waals surface area contributed by atoms with Gasteiger partial charge in [0.05, 0.1) is 11.8 Å². The second-order valence-electron chi connectivity index (χ2n) is 4.83. The van der Waals surface area contributed by atoms with E-state index in [4.69, 9.17) is 0 Å². The number of aryl methyl sites for hydroxylation is 2. The quantitative estimate of drug-likeness (QED) is 0.858. The Hall–Kier alpha value is -1.46. The van der Waals surface area contributed by atoms with Gasteiger partial charge in [0.2, 0.25) is 0 Å². The fraction of sp³-hybridized carbons (Fsp3) is 0.538. The van der Waals surface area contributed by atoms with Crippen molar-refractivity contribution in [1.29, 1.82) is 0 Å². The molecule has 0 spiro atoms. The molecule has 2 unspecified atom stereocenters. The van der Waals surface area contributed by atoms with Crippen LogP contribution in [0.15, 0.2) is 12.3 Å². The second kappa shape index (κ2) is 5.04. The summed E-state index contributed by atoms with van der Waals surface area (Å²) in [5, 5.41) is 17.0. The molecule has 0 aliphatic carbocycles. The Morgan fingerprint density at radius 2 is 2.11 bits per heavy atom. The van der Waals surface area contributed by atoms with Gasteiger partial charge in [0.1, 0.15) is 0 Å². The highest BCUT2D eigenvalue weighted by Gasteiger charge is 2.13. The molecular formula is C13H20N4O. The lowest BCUT2D eigenvalue weighted by Gasteiger charge is -2.17. The van der Waals surface area contributed by atoms with Crippen molar-refractivity contribution in [2.75, 3.05) is 6.54 Å². The molecule has 98 valence electrons. The highest BCUT2D eigenvalue weighted by atomic mass is 16.3. The van der Waals surface area contributed by atoms with E-state index in [1.807, 2.05) is 30.6 Å². The van der Waals surface area contributed by atoms with Crippen LogP contribution in [0.25, 0.3) is 5.65 Å². The summed E-state index contributed by atoms with van der Waals surface area (Å²) in [5.41, 5.74) is 4.02. The zero-order valence-electron chi connectivity index (χ0n) is 11.3. The lowest BCUT2D eigenvalue weighted by Crippen LogP contribution is -2.28. The Morgan fingerprint density at radius 1 is 1.39 bits per heavy atom. The van der Waals surface area contributed by atoms with Crippen molar-refractivity contribution in [3.63, 3.8) is 0 Å². The number of fused-ring (bicyclic) bond motifs is 1. The number of nitrogens with zero attached hydrogens (tertiary/aromatic N) is 3. The van der Waals surface area contributed by atoms with Crippen LogP contribution in [0, 0.1) is 13.8 Å². The lowest BCUT2D eigenvalue weighted by molar-refractivity contribution is 0.187. The summed E-state index contributed by atoms with van der Waals surface area (Å²) >= 11 is 0. The molecule has 2 heterocycles. The number of nitrogens with one attached hydrogen (secondary N) is 1. The van der Waals surface area contributed by atoms with E-state index >= 15 is 0 Å². The molecule has 0 radical (unpaired) electrons. The van der Waals surface area contributed by atoms with E-state index in [1.54, 1.807) is 6.92 Å². The maximum absolute atomic E-state index is 9.30. The van der Waals surface area contributed by atoms with Crippen molar-refractivity contribution in [3.05, 3.63) is 29.2 Å². The van der Waals surface area contributed by atoms with E-state index in [0.717, 1.165) is 22.6 Å². The number of hydrogen-bond donors (Lipinski definition) is 2. The first-order chi connectivity index (χ1) is 8.49. The summed E-state index contributed by atoms with van der Waals surface area (Å²) in [4.78, 5) is 4.41. The van der Waals surface area contributed by atoms with Crippen LogP contribution in [0.1, 0.15) is 36.8 Å². The summed E-state index contributed by atoms with van der Waals surface area (Å²) in [6.45, 7) is 8.40. The van der Waals surface area contributed by atoms with Crippen LogP contribution >= 0.6 is 0 Å². The first kappa shape index (κ1) is 13.0. The molecule has 0 amide bonds. The minimum absolute atomic E-state index is 0.140. The molecule has 18 heavy (non-hydrogen) atoms. The van der Waals surface area contributed by atoms with Crippen molar-refractivity contribution in [2.45, 2.75) is 39.8 Å². The molecule has 2 aromatic rings. The Balaban J connectivity index is 2.30. The summed E-state index contributed by atoms with van der Waals surface area (Å²) in [7, 11) is 0. The molecule has 5 heteroatoms. The molecule has 2 atom stereocenters. The molecule has 0 fully saturated rings. The predicted molar refractivity (Wildman–Crippen MR) is 70.6 cm³/mol. The fourth-order valence-corrected chi connectivity index (χ4v) is 2.06. The molecule has 5 nitrogen and oxygen atoms in total. The van der Waals surface area contributed by atoms with Gasteiger partial charge in [0, 0.05) is 36.1 Å². The minimum Gasteiger partial charge on any atom is -0.392 e. The van der Waals surface area contributed by atoms with E-state index in [-0.39, 0.29) is 12.1 Å². The van der Waals surface area contributed by atoms with Gasteiger partial charge in [-0.15, -0.1) is 0 Å². The Kier molecular flexibility index (Phi) is 3.63. The zero-order chi connectivity index (χ0) is 13.3. The average molecular weight is 248 g/mol. The van der Waals surface area contributed by atoms with Crippen LogP contribution in [0.5, 0.6) is 0 Å². The van der Waals surface area contributed by atoms with Crippen molar-refractivity contribution >= 4 is 5.65 Å². The van der Waals surface area contributed by atoms with Gasteiger partial charge in [0.25, 0.3) is 0 Å². The average Bonchev–Trinajstić information content (AvgIpc) is 2.68. The molecule has 2 N–H and O–H groups in total. The van der Waals surface area contributed by atoms with Gasteiger partial charge in [-0.2, -0.15) is 5.10 Å². The van der Waals surface area contributed by atoms with Gasteiger partial charge in [-0.05, 0) is 27.7 Å². The molecule has 2 aromatic heterocycles. The van der Waals surface area contributed by atoms with Crippen LogP contribution in [-0.2, 0) is 0 Å². The maximum Gasteiger partial charge on any atom is 0.155 e. The molecule has 0 bridgehead atoms. The number of rotatable bonds is 4. The SMILES string of the molecule is Cc1cc2ncc(C(C)NCC(C)O)c(C)n2n1. The van der Waals surface area contributed by atoms with Gasteiger partial charge < -0.3 is 10.4 Å². The number of aliphatic hydroxyl groups is 1. The van der Waals surface area contributed by atoms with Crippen LogP contribution in [0.2, 0.25) is 0 Å².